The van der Waals surface area contributed by atoms with Gasteiger partial charge < -0.3 is 4.90 Å². The Labute approximate surface area is 162 Å². The number of rotatable bonds is 3. The molecule has 1 fully saturated rings. The lowest BCUT2D eigenvalue weighted by molar-refractivity contribution is 0.0760. The van der Waals surface area contributed by atoms with Gasteiger partial charge in [-0.3, -0.25) is 9.69 Å². The highest BCUT2D eigenvalue weighted by Crippen LogP contribution is 2.16. The van der Waals surface area contributed by atoms with Crippen molar-refractivity contribution in [2.45, 2.75) is 13.0 Å². The summed E-state index contributed by atoms with van der Waals surface area (Å²) in [5, 5.41) is 8.88. The second-order valence-corrected chi connectivity index (χ2v) is 7.37. The fourth-order valence-electron chi connectivity index (χ4n) is 3.08. The van der Waals surface area contributed by atoms with E-state index >= 15 is 0 Å². The van der Waals surface area contributed by atoms with E-state index in [1.807, 2.05) is 53.4 Å². The number of nitrogens with zero attached hydrogens (tertiary/aromatic N) is 3. The van der Waals surface area contributed by atoms with Gasteiger partial charge in [0.2, 0.25) is 0 Å². The Bertz CT molecular complexity index is 782. The summed E-state index contributed by atoms with van der Waals surface area (Å²) in [6.07, 6.45) is 0.978. The topological polar surface area (TPSA) is 47.3 Å². The van der Waals surface area contributed by atoms with Crippen LogP contribution < -0.4 is 0 Å². The van der Waals surface area contributed by atoms with Crippen LogP contribution in [0.15, 0.2) is 48.5 Å². The van der Waals surface area contributed by atoms with Crippen LogP contribution in [0.3, 0.4) is 0 Å². The number of amides is 1. The number of hydrogen-bond acceptors (Lipinski definition) is 3. The molecule has 2 aromatic rings. The quantitative estimate of drug-likeness (QED) is 0.680. The lowest BCUT2D eigenvalue weighted by Crippen LogP contribution is -2.35. The minimum absolute atomic E-state index is 0.130. The van der Waals surface area contributed by atoms with Gasteiger partial charge in [-0.1, -0.05) is 24.3 Å². The monoisotopic (exact) mass is 445 g/mol. The standard InChI is InChI=1S/C20H20IN3O/c21-19-5-2-1-4-18(19)20(25)24-11-3-10-23(12-13-24)15-17-8-6-16(14-22)7-9-17/h1-2,4-9H,3,10-13,15H2. The minimum atomic E-state index is 0.130. The molecule has 0 atom stereocenters. The Hall–Kier alpha value is -1.91. The van der Waals surface area contributed by atoms with Crippen molar-refractivity contribution in [2.75, 3.05) is 26.2 Å². The average molecular weight is 445 g/mol. The van der Waals surface area contributed by atoms with Crippen LogP contribution in [0.25, 0.3) is 0 Å². The Balaban J connectivity index is 1.61. The van der Waals surface area contributed by atoms with Gasteiger partial charge in [-0.25, -0.2) is 0 Å². The van der Waals surface area contributed by atoms with Crippen molar-refractivity contribution < 1.29 is 4.79 Å². The first-order chi connectivity index (χ1) is 12.2. The van der Waals surface area contributed by atoms with Crippen molar-refractivity contribution in [2.24, 2.45) is 0 Å². The van der Waals surface area contributed by atoms with Gasteiger partial charge in [0.15, 0.2) is 0 Å². The first-order valence-electron chi connectivity index (χ1n) is 8.42. The van der Waals surface area contributed by atoms with Gasteiger partial charge in [0.25, 0.3) is 5.91 Å². The molecular weight excluding hydrogens is 425 g/mol. The van der Waals surface area contributed by atoms with E-state index in [0.29, 0.717) is 5.56 Å². The predicted molar refractivity (Wildman–Crippen MR) is 106 cm³/mol. The van der Waals surface area contributed by atoms with Gasteiger partial charge in [-0.2, -0.15) is 5.26 Å². The van der Waals surface area contributed by atoms with Gasteiger partial charge in [0.1, 0.15) is 0 Å². The SMILES string of the molecule is N#Cc1ccc(CN2CCCN(C(=O)c3ccccc3I)CC2)cc1. The summed E-state index contributed by atoms with van der Waals surface area (Å²) in [6, 6.07) is 17.7. The third-order valence-corrected chi connectivity index (χ3v) is 5.41. The molecule has 1 saturated heterocycles. The summed E-state index contributed by atoms with van der Waals surface area (Å²) in [4.78, 5) is 17.1. The number of halogens is 1. The van der Waals surface area contributed by atoms with E-state index in [2.05, 4.69) is 33.6 Å². The van der Waals surface area contributed by atoms with E-state index in [1.165, 1.54) is 5.56 Å². The number of carbonyl (C=O) groups excluding carboxylic acids is 1. The third-order valence-electron chi connectivity index (χ3n) is 4.47. The van der Waals surface area contributed by atoms with Gasteiger partial charge in [-0.05, 0) is 58.8 Å². The Kier molecular flexibility index (Phi) is 6.05. The first kappa shape index (κ1) is 17.9. The summed E-state index contributed by atoms with van der Waals surface area (Å²) in [5.41, 5.74) is 2.69. The molecule has 128 valence electrons. The lowest BCUT2D eigenvalue weighted by Gasteiger charge is -2.22. The number of carbonyl (C=O) groups is 1. The van der Waals surface area contributed by atoms with Gasteiger partial charge >= 0.3 is 0 Å². The molecule has 0 saturated carbocycles. The molecule has 25 heavy (non-hydrogen) atoms. The Morgan fingerprint density at radius 3 is 2.52 bits per heavy atom. The summed E-state index contributed by atoms with van der Waals surface area (Å²) >= 11 is 2.23. The van der Waals surface area contributed by atoms with E-state index < -0.39 is 0 Å². The molecule has 0 spiro atoms. The fourth-order valence-corrected chi connectivity index (χ4v) is 3.70. The Morgan fingerprint density at radius 1 is 1.04 bits per heavy atom. The van der Waals surface area contributed by atoms with Crippen molar-refractivity contribution in [1.29, 1.82) is 5.26 Å². The van der Waals surface area contributed by atoms with Crippen LogP contribution in [0, 0.1) is 14.9 Å². The van der Waals surface area contributed by atoms with E-state index in [1.54, 1.807) is 0 Å². The lowest BCUT2D eigenvalue weighted by atomic mass is 10.1. The zero-order valence-electron chi connectivity index (χ0n) is 14.0. The van der Waals surface area contributed by atoms with Crippen LogP contribution in [0.1, 0.15) is 27.9 Å². The van der Waals surface area contributed by atoms with Crippen LogP contribution >= 0.6 is 22.6 Å². The molecule has 0 unspecified atom stereocenters. The predicted octanol–water partition coefficient (Wildman–Crippen LogP) is 3.51. The molecular formula is C20H20IN3O. The highest BCUT2D eigenvalue weighted by atomic mass is 127. The maximum absolute atomic E-state index is 12.8. The fraction of sp³-hybridized carbons (Fsp3) is 0.300. The number of nitriles is 1. The maximum Gasteiger partial charge on any atom is 0.254 e. The van der Waals surface area contributed by atoms with Crippen LogP contribution in [0.4, 0.5) is 0 Å². The molecule has 1 aliphatic rings. The van der Waals surface area contributed by atoms with E-state index in [4.69, 9.17) is 5.26 Å². The summed E-state index contributed by atoms with van der Waals surface area (Å²) in [7, 11) is 0. The first-order valence-corrected chi connectivity index (χ1v) is 9.50. The van der Waals surface area contributed by atoms with Crippen molar-refractivity contribution in [3.8, 4) is 6.07 Å². The smallest absolute Gasteiger partial charge is 0.254 e. The zero-order chi connectivity index (χ0) is 17.6. The van der Waals surface area contributed by atoms with E-state index in [-0.39, 0.29) is 5.91 Å². The summed E-state index contributed by atoms with van der Waals surface area (Å²) in [5.74, 6) is 0.130. The summed E-state index contributed by atoms with van der Waals surface area (Å²) < 4.78 is 1.00. The van der Waals surface area contributed by atoms with Crippen LogP contribution in [0.2, 0.25) is 0 Å². The highest BCUT2D eigenvalue weighted by molar-refractivity contribution is 14.1. The van der Waals surface area contributed by atoms with Crippen molar-refractivity contribution in [3.05, 3.63) is 68.8 Å². The molecule has 1 heterocycles. The van der Waals surface area contributed by atoms with E-state index in [9.17, 15) is 4.79 Å². The molecule has 0 aromatic heterocycles. The van der Waals surface area contributed by atoms with E-state index in [0.717, 1.165) is 48.3 Å². The van der Waals surface area contributed by atoms with Gasteiger partial charge in [-0.15, -0.1) is 0 Å². The van der Waals surface area contributed by atoms with Crippen molar-refractivity contribution >= 4 is 28.5 Å². The van der Waals surface area contributed by atoms with Crippen molar-refractivity contribution in [3.63, 3.8) is 0 Å². The molecule has 0 aliphatic carbocycles. The van der Waals surface area contributed by atoms with Gasteiger partial charge in [0, 0.05) is 36.3 Å². The molecule has 1 amide bonds. The normalized spacial score (nSPS) is 15.4. The van der Waals surface area contributed by atoms with Crippen LogP contribution in [-0.4, -0.2) is 41.9 Å². The van der Waals surface area contributed by atoms with Crippen molar-refractivity contribution in [1.82, 2.24) is 9.80 Å². The third kappa shape index (κ3) is 4.59. The highest BCUT2D eigenvalue weighted by Gasteiger charge is 2.21. The zero-order valence-corrected chi connectivity index (χ0v) is 16.1. The molecule has 4 nitrogen and oxygen atoms in total. The largest absolute Gasteiger partial charge is 0.337 e. The second kappa shape index (κ2) is 8.45. The Morgan fingerprint density at radius 2 is 1.80 bits per heavy atom. The molecule has 0 N–H and O–H groups in total. The molecule has 0 radical (unpaired) electrons. The average Bonchev–Trinajstić information content (AvgIpc) is 2.88. The molecule has 3 rings (SSSR count). The maximum atomic E-state index is 12.8. The van der Waals surface area contributed by atoms with Crippen LogP contribution in [0.5, 0.6) is 0 Å². The minimum Gasteiger partial charge on any atom is -0.337 e. The molecule has 1 aliphatic heterocycles. The number of hydrogen-bond donors (Lipinski definition) is 0. The molecule has 5 heteroatoms. The molecule has 0 bridgehead atoms. The second-order valence-electron chi connectivity index (χ2n) is 6.21. The van der Waals surface area contributed by atoms with Gasteiger partial charge in [0.05, 0.1) is 17.2 Å². The number of benzene rings is 2. The summed E-state index contributed by atoms with van der Waals surface area (Å²) in [6.45, 7) is 4.26. The molecule has 2 aromatic carbocycles. The van der Waals surface area contributed by atoms with Crippen LogP contribution in [-0.2, 0) is 6.54 Å².